The Kier molecular flexibility index (Phi) is 5.55. The van der Waals surface area contributed by atoms with E-state index < -0.39 is 0 Å². The van der Waals surface area contributed by atoms with Crippen molar-refractivity contribution < 1.29 is 14.2 Å². The van der Waals surface area contributed by atoms with Crippen LogP contribution in [0.25, 0.3) is 11.3 Å². The Bertz CT molecular complexity index is 769. The highest BCUT2D eigenvalue weighted by molar-refractivity contribution is 5.70. The second-order valence-electron chi connectivity index (χ2n) is 6.72. The summed E-state index contributed by atoms with van der Waals surface area (Å²) in [5, 5.41) is 0. The zero-order chi connectivity index (χ0) is 19.5. The SMILES string of the molecule is COc1cc(-c2cc([C]3[CH][CH][CH][CH]3)nc(N3CCCC3)n2)cc(OC)c1OC. The summed E-state index contributed by atoms with van der Waals surface area (Å²) in [6, 6.07) is 5.86. The number of benzene rings is 1. The number of anilines is 1. The lowest BCUT2D eigenvalue weighted by Crippen LogP contribution is -2.21. The molecule has 1 aliphatic carbocycles. The van der Waals surface area contributed by atoms with E-state index in [2.05, 4.69) is 17.7 Å². The minimum Gasteiger partial charge on any atom is -0.493 e. The quantitative estimate of drug-likeness (QED) is 0.767. The summed E-state index contributed by atoms with van der Waals surface area (Å²) < 4.78 is 16.5. The van der Waals surface area contributed by atoms with Crippen LogP contribution in [-0.2, 0) is 0 Å². The van der Waals surface area contributed by atoms with Gasteiger partial charge in [-0.2, -0.15) is 0 Å². The lowest BCUT2D eigenvalue weighted by atomic mass is 10.0. The van der Waals surface area contributed by atoms with Gasteiger partial charge in [0, 0.05) is 24.6 Å². The van der Waals surface area contributed by atoms with Gasteiger partial charge in [0.05, 0.1) is 32.7 Å². The van der Waals surface area contributed by atoms with Crippen molar-refractivity contribution in [2.75, 3.05) is 39.3 Å². The molecule has 1 saturated heterocycles. The third-order valence-corrected chi connectivity index (χ3v) is 5.02. The molecule has 6 nitrogen and oxygen atoms in total. The topological polar surface area (TPSA) is 56.7 Å². The summed E-state index contributed by atoms with van der Waals surface area (Å²) in [7, 11) is 4.84. The molecule has 145 valence electrons. The molecule has 0 unspecified atom stereocenters. The van der Waals surface area contributed by atoms with Crippen LogP contribution < -0.4 is 19.1 Å². The number of methoxy groups -OCH3 is 3. The van der Waals surface area contributed by atoms with E-state index in [1.807, 2.05) is 31.0 Å². The van der Waals surface area contributed by atoms with E-state index in [-0.39, 0.29) is 0 Å². The molecule has 0 bridgehead atoms. The zero-order valence-corrected chi connectivity index (χ0v) is 16.4. The van der Waals surface area contributed by atoms with Gasteiger partial charge >= 0.3 is 0 Å². The normalized spacial score (nSPS) is 17.2. The maximum absolute atomic E-state index is 5.51. The summed E-state index contributed by atoms with van der Waals surface area (Å²) in [6.07, 6.45) is 10.5. The second-order valence-corrected chi connectivity index (χ2v) is 6.72. The number of aromatic nitrogens is 2. The summed E-state index contributed by atoms with van der Waals surface area (Å²) in [5.74, 6) is 3.62. The highest BCUT2D eigenvalue weighted by Gasteiger charge is 2.25. The fourth-order valence-electron chi connectivity index (χ4n) is 3.56. The molecule has 1 aromatic heterocycles. The van der Waals surface area contributed by atoms with E-state index >= 15 is 0 Å². The van der Waals surface area contributed by atoms with Gasteiger partial charge in [-0.05, 0) is 56.7 Å². The summed E-state index contributed by atoms with van der Waals surface area (Å²) in [4.78, 5) is 11.9. The van der Waals surface area contributed by atoms with Crippen LogP contribution in [0.4, 0.5) is 5.95 Å². The third-order valence-electron chi connectivity index (χ3n) is 5.02. The van der Waals surface area contributed by atoms with E-state index in [0.29, 0.717) is 17.2 Å². The average Bonchev–Trinajstić information content (AvgIpc) is 3.46. The molecule has 1 aromatic carbocycles. The maximum atomic E-state index is 5.51. The predicted octanol–water partition coefficient (Wildman–Crippen LogP) is 3.52. The molecule has 0 N–H and O–H groups in total. The van der Waals surface area contributed by atoms with Gasteiger partial charge in [0.2, 0.25) is 11.7 Å². The summed E-state index contributed by atoms with van der Waals surface area (Å²) in [6.45, 7) is 1.97. The summed E-state index contributed by atoms with van der Waals surface area (Å²) in [5.41, 5.74) is 2.63. The second kappa shape index (κ2) is 8.25. The first-order valence-electron chi connectivity index (χ1n) is 9.40. The first kappa shape index (κ1) is 18.8. The van der Waals surface area contributed by atoms with Crippen LogP contribution in [0.1, 0.15) is 18.5 Å². The lowest BCUT2D eigenvalue weighted by molar-refractivity contribution is 0.324. The maximum Gasteiger partial charge on any atom is 0.226 e. The molecule has 2 fully saturated rings. The van der Waals surface area contributed by atoms with E-state index in [1.165, 1.54) is 12.8 Å². The minimum absolute atomic E-state index is 0.568. The number of nitrogens with zero attached hydrogens (tertiary/aromatic N) is 3. The number of ether oxygens (including phenoxy) is 3. The van der Waals surface area contributed by atoms with Crippen molar-refractivity contribution in [1.29, 1.82) is 0 Å². The predicted molar refractivity (Wildman–Crippen MR) is 108 cm³/mol. The van der Waals surface area contributed by atoms with E-state index in [9.17, 15) is 0 Å². The van der Waals surface area contributed by atoms with Gasteiger partial charge in [0.1, 0.15) is 0 Å². The molecule has 0 amide bonds. The van der Waals surface area contributed by atoms with Gasteiger partial charge in [-0.1, -0.05) is 0 Å². The molecule has 6 heteroatoms. The van der Waals surface area contributed by atoms with Crippen LogP contribution in [0.15, 0.2) is 18.2 Å². The molecule has 2 aliphatic rings. The fraction of sp³-hybridized carbons (Fsp3) is 0.318. The van der Waals surface area contributed by atoms with Crippen molar-refractivity contribution in [3.05, 3.63) is 55.5 Å². The van der Waals surface area contributed by atoms with Crippen molar-refractivity contribution >= 4 is 5.95 Å². The van der Waals surface area contributed by atoms with Gasteiger partial charge in [-0.15, -0.1) is 0 Å². The van der Waals surface area contributed by atoms with Crippen LogP contribution in [0.3, 0.4) is 0 Å². The van der Waals surface area contributed by atoms with Gasteiger partial charge < -0.3 is 19.1 Å². The molecule has 28 heavy (non-hydrogen) atoms. The Morgan fingerprint density at radius 3 is 1.96 bits per heavy atom. The molecular weight excluding hydrogens is 354 g/mol. The van der Waals surface area contributed by atoms with Gasteiger partial charge in [-0.3, -0.25) is 0 Å². The van der Waals surface area contributed by atoms with Crippen LogP contribution in [0.2, 0.25) is 0 Å². The molecule has 1 aliphatic heterocycles. The highest BCUT2D eigenvalue weighted by atomic mass is 16.5. The van der Waals surface area contributed by atoms with Crippen molar-refractivity contribution in [2.24, 2.45) is 0 Å². The van der Waals surface area contributed by atoms with Crippen LogP contribution in [0, 0.1) is 31.6 Å². The average molecular weight is 378 g/mol. The number of hydrogen-bond donors (Lipinski definition) is 0. The Morgan fingerprint density at radius 2 is 1.39 bits per heavy atom. The third kappa shape index (κ3) is 3.60. The molecular formula is C22H24N3O3. The number of rotatable bonds is 6. The van der Waals surface area contributed by atoms with E-state index in [4.69, 9.17) is 24.2 Å². The Hall–Kier alpha value is -2.50. The van der Waals surface area contributed by atoms with Crippen LogP contribution >= 0.6 is 0 Å². The first-order valence-corrected chi connectivity index (χ1v) is 9.40. The Balaban J connectivity index is 1.81. The van der Waals surface area contributed by atoms with Crippen molar-refractivity contribution in [3.63, 3.8) is 0 Å². The molecule has 0 atom stereocenters. The van der Waals surface area contributed by atoms with Gasteiger partial charge in [0.25, 0.3) is 0 Å². The zero-order valence-electron chi connectivity index (χ0n) is 16.4. The lowest BCUT2D eigenvalue weighted by Gasteiger charge is -2.19. The largest absolute Gasteiger partial charge is 0.493 e. The minimum atomic E-state index is 0.568. The van der Waals surface area contributed by atoms with E-state index in [0.717, 1.165) is 41.9 Å². The monoisotopic (exact) mass is 378 g/mol. The van der Waals surface area contributed by atoms with Gasteiger partial charge in [0.15, 0.2) is 11.5 Å². The Labute approximate surface area is 166 Å². The molecule has 4 rings (SSSR count). The van der Waals surface area contributed by atoms with E-state index in [1.54, 1.807) is 21.3 Å². The molecule has 1 saturated carbocycles. The van der Waals surface area contributed by atoms with Crippen LogP contribution in [0.5, 0.6) is 17.2 Å². The summed E-state index contributed by atoms with van der Waals surface area (Å²) >= 11 is 0. The standard InChI is InChI=1S/C22H24N3O3/c1-26-19-12-16(13-20(27-2)21(19)28-3)18-14-17(15-8-4-5-9-15)23-22(24-18)25-10-6-7-11-25/h4-5,8-9,12-14H,6-7,10-11H2,1-3H3. The molecule has 5 radical (unpaired) electrons. The van der Waals surface area contributed by atoms with Gasteiger partial charge in [-0.25, -0.2) is 9.97 Å². The number of hydrogen-bond acceptors (Lipinski definition) is 6. The molecule has 2 heterocycles. The highest BCUT2D eigenvalue weighted by Crippen LogP contribution is 2.41. The Morgan fingerprint density at radius 1 is 0.786 bits per heavy atom. The first-order chi connectivity index (χ1) is 13.7. The molecule has 0 spiro atoms. The van der Waals surface area contributed by atoms with Crippen molar-refractivity contribution in [1.82, 2.24) is 9.97 Å². The fourth-order valence-corrected chi connectivity index (χ4v) is 3.56. The molecule has 2 aromatic rings. The van der Waals surface area contributed by atoms with Crippen molar-refractivity contribution in [2.45, 2.75) is 12.8 Å². The smallest absolute Gasteiger partial charge is 0.226 e. The van der Waals surface area contributed by atoms with Crippen LogP contribution in [-0.4, -0.2) is 44.4 Å². The van der Waals surface area contributed by atoms with Crippen molar-refractivity contribution in [3.8, 4) is 28.5 Å².